The largest absolute Gasteiger partial charge is 0.385 e. The molecular formula is C12H22ClNO. The SMILES string of the molecule is COCCC(C)N1C2CCC1CC(Cl)C2. The Kier molecular flexibility index (Phi) is 3.92. The molecule has 2 rings (SSSR count). The van der Waals surface area contributed by atoms with Gasteiger partial charge in [-0.2, -0.15) is 0 Å². The molecule has 88 valence electrons. The molecule has 2 nitrogen and oxygen atoms in total. The number of ether oxygens (including phenoxy) is 1. The average Bonchev–Trinajstić information content (AvgIpc) is 2.48. The van der Waals surface area contributed by atoms with Gasteiger partial charge in [-0.1, -0.05) is 0 Å². The monoisotopic (exact) mass is 231 g/mol. The number of nitrogens with zero attached hydrogens (tertiary/aromatic N) is 1. The molecule has 2 aliphatic heterocycles. The third-order valence-electron chi connectivity index (χ3n) is 3.98. The van der Waals surface area contributed by atoms with Crippen molar-refractivity contribution < 1.29 is 4.74 Å². The van der Waals surface area contributed by atoms with Gasteiger partial charge in [-0.25, -0.2) is 0 Å². The van der Waals surface area contributed by atoms with Crippen molar-refractivity contribution >= 4 is 11.6 Å². The van der Waals surface area contributed by atoms with Crippen LogP contribution in [0.15, 0.2) is 0 Å². The molecule has 0 spiro atoms. The van der Waals surface area contributed by atoms with E-state index in [0.717, 1.165) is 25.1 Å². The topological polar surface area (TPSA) is 12.5 Å². The highest BCUT2D eigenvalue weighted by Gasteiger charge is 2.41. The molecule has 0 N–H and O–H groups in total. The van der Waals surface area contributed by atoms with E-state index in [-0.39, 0.29) is 0 Å². The van der Waals surface area contributed by atoms with Crippen LogP contribution in [0.2, 0.25) is 0 Å². The zero-order valence-electron chi connectivity index (χ0n) is 9.79. The summed E-state index contributed by atoms with van der Waals surface area (Å²) < 4.78 is 5.16. The Hall–Kier alpha value is 0.210. The van der Waals surface area contributed by atoms with Gasteiger partial charge in [0.25, 0.3) is 0 Å². The molecular weight excluding hydrogens is 210 g/mol. The van der Waals surface area contributed by atoms with Gasteiger partial charge < -0.3 is 4.74 Å². The van der Waals surface area contributed by atoms with Crippen LogP contribution in [0.4, 0.5) is 0 Å². The Morgan fingerprint density at radius 2 is 1.93 bits per heavy atom. The van der Waals surface area contributed by atoms with Crippen molar-refractivity contribution in [2.24, 2.45) is 0 Å². The summed E-state index contributed by atoms with van der Waals surface area (Å²) in [5, 5.41) is 0.424. The summed E-state index contributed by atoms with van der Waals surface area (Å²) in [6, 6.07) is 2.16. The van der Waals surface area contributed by atoms with Gasteiger partial charge in [-0.15, -0.1) is 11.6 Å². The van der Waals surface area contributed by atoms with Gasteiger partial charge in [0.15, 0.2) is 0 Å². The smallest absolute Gasteiger partial charge is 0.0477 e. The molecule has 0 radical (unpaired) electrons. The Balaban J connectivity index is 1.92. The second-order valence-electron chi connectivity index (χ2n) is 5.03. The van der Waals surface area contributed by atoms with E-state index >= 15 is 0 Å². The maximum absolute atomic E-state index is 6.27. The van der Waals surface area contributed by atoms with Crippen LogP contribution in [0.25, 0.3) is 0 Å². The summed E-state index contributed by atoms with van der Waals surface area (Å²) in [7, 11) is 1.78. The fourth-order valence-corrected chi connectivity index (χ4v) is 3.72. The molecule has 0 amide bonds. The van der Waals surface area contributed by atoms with Crippen LogP contribution in [0, 0.1) is 0 Å². The Morgan fingerprint density at radius 1 is 1.33 bits per heavy atom. The first-order valence-electron chi connectivity index (χ1n) is 6.12. The summed E-state index contributed by atoms with van der Waals surface area (Å²) in [5.74, 6) is 0. The molecule has 2 fully saturated rings. The van der Waals surface area contributed by atoms with Crippen molar-refractivity contribution in [1.29, 1.82) is 0 Å². The van der Waals surface area contributed by atoms with Crippen molar-refractivity contribution in [2.45, 2.75) is 62.5 Å². The Bertz CT molecular complexity index is 198. The molecule has 2 heterocycles. The second kappa shape index (κ2) is 5.03. The molecule has 2 bridgehead atoms. The Morgan fingerprint density at radius 3 is 2.47 bits per heavy atom. The zero-order valence-corrected chi connectivity index (χ0v) is 10.5. The van der Waals surface area contributed by atoms with Crippen molar-refractivity contribution in [1.82, 2.24) is 4.90 Å². The van der Waals surface area contributed by atoms with E-state index in [4.69, 9.17) is 16.3 Å². The van der Waals surface area contributed by atoms with Gasteiger partial charge >= 0.3 is 0 Å². The number of methoxy groups -OCH3 is 1. The number of hydrogen-bond donors (Lipinski definition) is 0. The van der Waals surface area contributed by atoms with Crippen molar-refractivity contribution in [3.05, 3.63) is 0 Å². The standard InChI is InChI=1S/C12H22ClNO/c1-9(5-6-15-2)14-11-3-4-12(14)8-10(13)7-11/h9-12H,3-8H2,1-2H3. The lowest BCUT2D eigenvalue weighted by Gasteiger charge is -2.41. The van der Waals surface area contributed by atoms with Crippen LogP contribution in [0.1, 0.15) is 39.0 Å². The van der Waals surface area contributed by atoms with E-state index in [1.807, 2.05) is 0 Å². The minimum Gasteiger partial charge on any atom is -0.385 e. The van der Waals surface area contributed by atoms with Gasteiger partial charge in [-0.05, 0) is 39.0 Å². The molecule has 0 aromatic rings. The lowest BCUT2D eigenvalue weighted by atomic mass is 9.99. The molecule has 3 unspecified atom stereocenters. The predicted octanol–water partition coefficient (Wildman–Crippen LogP) is 2.65. The molecule has 0 aromatic heterocycles. The summed E-state index contributed by atoms with van der Waals surface area (Å²) >= 11 is 6.27. The van der Waals surface area contributed by atoms with E-state index < -0.39 is 0 Å². The highest BCUT2D eigenvalue weighted by Crippen LogP contribution is 2.39. The number of fused-ring (bicyclic) bond motifs is 2. The van der Waals surface area contributed by atoms with E-state index in [2.05, 4.69) is 11.8 Å². The number of hydrogen-bond acceptors (Lipinski definition) is 2. The maximum atomic E-state index is 6.27. The molecule has 2 aliphatic rings. The van der Waals surface area contributed by atoms with Crippen LogP contribution < -0.4 is 0 Å². The van der Waals surface area contributed by atoms with Gasteiger partial charge in [-0.3, -0.25) is 4.90 Å². The predicted molar refractivity (Wildman–Crippen MR) is 63.5 cm³/mol. The highest BCUT2D eigenvalue weighted by atomic mass is 35.5. The lowest BCUT2D eigenvalue weighted by molar-refractivity contribution is 0.0732. The zero-order chi connectivity index (χ0) is 10.8. The van der Waals surface area contributed by atoms with Crippen molar-refractivity contribution in [3.8, 4) is 0 Å². The third-order valence-corrected chi connectivity index (χ3v) is 4.34. The second-order valence-corrected chi connectivity index (χ2v) is 5.65. The quantitative estimate of drug-likeness (QED) is 0.690. The van der Waals surface area contributed by atoms with Crippen molar-refractivity contribution in [3.63, 3.8) is 0 Å². The van der Waals surface area contributed by atoms with Gasteiger partial charge in [0.1, 0.15) is 0 Å². The number of alkyl halides is 1. The van der Waals surface area contributed by atoms with E-state index in [0.29, 0.717) is 11.4 Å². The molecule has 0 aromatic carbocycles. The first-order valence-corrected chi connectivity index (χ1v) is 6.56. The van der Waals surface area contributed by atoms with Crippen LogP contribution in [-0.4, -0.2) is 42.1 Å². The molecule has 0 saturated carbocycles. The van der Waals surface area contributed by atoms with E-state index in [1.165, 1.54) is 25.7 Å². The van der Waals surface area contributed by atoms with Crippen molar-refractivity contribution in [2.75, 3.05) is 13.7 Å². The molecule has 0 aliphatic carbocycles. The highest BCUT2D eigenvalue weighted by molar-refractivity contribution is 6.20. The van der Waals surface area contributed by atoms with Crippen LogP contribution in [0.5, 0.6) is 0 Å². The fraction of sp³-hybridized carbons (Fsp3) is 1.00. The van der Waals surface area contributed by atoms with E-state index in [9.17, 15) is 0 Å². The minimum atomic E-state index is 0.424. The molecule has 2 saturated heterocycles. The number of halogens is 1. The van der Waals surface area contributed by atoms with Gasteiger partial charge in [0.2, 0.25) is 0 Å². The Labute approximate surface area is 97.9 Å². The number of piperidine rings is 1. The lowest BCUT2D eigenvalue weighted by Crippen LogP contribution is -2.48. The minimum absolute atomic E-state index is 0.424. The summed E-state index contributed by atoms with van der Waals surface area (Å²) in [6.07, 6.45) is 6.23. The van der Waals surface area contributed by atoms with Crippen LogP contribution in [-0.2, 0) is 4.74 Å². The summed E-state index contributed by atoms with van der Waals surface area (Å²) in [6.45, 7) is 3.21. The molecule has 3 atom stereocenters. The molecule has 3 heteroatoms. The normalized spacial score (nSPS) is 38.2. The first kappa shape index (κ1) is 11.7. The third kappa shape index (κ3) is 2.48. The summed E-state index contributed by atoms with van der Waals surface area (Å²) in [4.78, 5) is 2.71. The average molecular weight is 232 g/mol. The summed E-state index contributed by atoms with van der Waals surface area (Å²) in [5.41, 5.74) is 0. The maximum Gasteiger partial charge on any atom is 0.0477 e. The van der Waals surface area contributed by atoms with Crippen LogP contribution in [0.3, 0.4) is 0 Å². The van der Waals surface area contributed by atoms with Crippen LogP contribution >= 0.6 is 11.6 Å². The van der Waals surface area contributed by atoms with E-state index in [1.54, 1.807) is 7.11 Å². The number of rotatable bonds is 4. The first-order chi connectivity index (χ1) is 7.22. The van der Waals surface area contributed by atoms with Gasteiger partial charge in [0, 0.05) is 37.2 Å². The van der Waals surface area contributed by atoms with Gasteiger partial charge in [0.05, 0.1) is 0 Å². The fourth-order valence-electron chi connectivity index (χ4n) is 3.30. The molecule has 15 heavy (non-hydrogen) atoms.